The van der Waals surface area contributed by atoms with Gasteiger partial charge in [0.1, 0.15) is 12.4 Å². The summed E-state index contributed by atoms with van der Waals surface area (Å²) in [6.07, 6.45) is 0. The van der Waals surface area contributed by atoms with Crippen LogP contribution < -0.4 is 10.5 Å². The number of benzene rings is 1. The fourth-order valence-corrected chi connectivity index (χ4v) is 1.65. The molecular weight excluding hydrogens is 234 g/mol. The second-order valence-electron chi connectivity index (χ2n) is 2.78. The summed E-state index contributed by atoms with van der Waals surface area (Å²) in [5, 5.41) is 9.41. The van der Waals surface area contributed by atoms with Crippen molar-refractivity contribution in [1.82, 2.24) is 10.2 Å². The summed E-state index contributed by atoms with van der Waals surface area (Å²) < 4.78 is 5.45. The molecule has 0 saturated carbocycles. The monoisotopic (exact) mass is 241 g/mol. The number of hydrogen-bond acceptors (Lipinski definition) is 5. The highest BCUT2D eigenvalue weighted by molar-refractivity contribution is 7.15. The first-order valence-corrected chi connectivity index (χ1v) is 5.40. The van der Waals surface area contributed by atoms with E-state index in [0.29, 0.717) is 16.8 Å². The van der Waals surface area contributed by atoms with E-state index in [4.69, 9.17) is 22.1 Å². The third-order valence-corrected chi connectivity index (χ3v) is 2.64. The predicted octanol–water partition coefficient (Wildman–Crippen LogP) is 2.35. The average molecular weight is 242 g/mol. The Morgan fingerprint density at radius 2 is 2.00 bits per heavy atom. The Morgan fingerprint density at radius 3 is 2.60 bits per heavy atom. The highest BCUT2D eigenvalue weighted by atomic mass is 35.5. The van der Waals surface area contributed by atoms with Crippen LogP contribution in [0.5, 0.6) is 5.75 Å². The van der Waals surface area contributed by atoms with Gasteiger partial charge >= 0.3 is 0 Å². The highest BCUT2D eigenvalue weighted by Crippen LogP contribution is 2.18. The lowest BCUT2D eigenvalue weighted by Crippen LogP contribution is -1.94. The van der Waals surface area contributed by atoms with Gasteiger partial charge in [0.25, 0.3) is 0 Å². The van der Waals surface area contributed by atoms with Crippen molar-refractivity contribution in [2.75, 3.05) is 5.73 Å². The third kappa shape index (κ3) is 2.81. The minimum absolute atomic E-state index is 0.372. The molecule has 1 aromatic carbocycles. The number of nitrogen functional groups attached to an aromatic ring is 1. The second-order valence-corrected chi connectivity index (χ2v) is 4.31. The van der Waals surface area contributed by atoms with E-state index in [1.54, 1.807) is 24.3 Å². The van der Waals surface area contributed by atoms with Crippen LogP contribution in [0.1, 0.15) is 5.01 Å². The van der Waals surface area contributed by atoms with E-state index in [0.717, 1.165) is 10.8 Å². The van der Waals surface area contributed by atoms with Crippen LogP contribution in [0.15, 0.2) is 24.3 Å². The summed E-state index contributed by atoms with van der Waals surface area (Å²) in [6, 6.07) is 7.14. The number of nitrogens with zero attached hydrogens (tertiary/aromatic N) is 2. The number of hydrogen-bond donors (Lipinski definition) is 1. The molecule has 2 aromatic rings. The molecule has 0 radical (unpaired) electrons. The Bertz CT molecular complexity index is 443. The van der Waals surface area contributed by atoms with E-state index < -0.39 is 0 Å². The van der Waals surface area contributed by atoms with E-state index in [9.17, 15) is 0 Å². The van der Waals surface area contributed by atoms with Gasteiger partial charge in [-0.25, -0.2) is 0 Å². The van der Waals surface area contributed by atoms with Crippen molar-refractivity contribution in [2.45, 2.75) is 6.61 Å². The second kappa shape index (κ2) is 4.46. The van der Waals surface area contributed by atoms with E-state index in [2.05, 4.69) is 10.2 Å². The van der Waals surface area contributed by atoms with E-state index in [1.165, 1.54) is 11.3 Å². The maximum absolute atomic E-state index is 5.74. The first-order valence-electron chi connectivity index (χ1n) is 4.20. The van der Waals surface area contributed by atoms with Gasteiger partial charge in [-0.05, 0) is 24.3 Å². The van der Waals surface area contributed by atoms with Crippen LogP contribution in [0, 0.1) is 0 Å². The summed E-state index contributed by atoms with van der Waals surface area (Å²) in [7, 11) is 0. The standard InChI is InChI=1S/C9H8ClN3OS/c10-6-1-3-7(4-2-6)14-5-8-12-13-9(11)15-8/h1-4H,5H2,(H2,11,13). The maximum atomic E-state index is 5.74. The third-order valence-electron chi connectivity index (χ3n) is 1.66. The summed E-state index contributed by atoms with van der Waals surface area (Å²) in [6.45, 7) is 0.372. The zero-order chi connectivity index (χ0) is 10.7. The Balaban J connectivity index is 1.96. The van der Waals surface area contributed by atoms with E-state index in [1.807, 2.05) is 0 Å². The molecule has 0 aliphatic rings. The molecule has 0 spiro atoms. The molecule has 6 heteroatoms. The van der Waals surface area contributed by atoms with Gasteiger partial charge in [-0.1, -0.05) is 22.9 Å². The summed E-state index contributed by atoms with van der Waals surface area (Å²) >= 11 is 7.05. The minimum Gasteiger partial charge on any atom is -0.486 e. The molecule has 2 rings (SSSR count). The van der Waals surface area contributed by atoms with E-state index >= 15 is 0 Å². The number of anilines is 1. The van der Waals surface area contributed by atoms with Crippen molar-refractivity contribution in [1.29, 1.82) is 0 Å². The summed E-state index contributed by atoms with van der Waals surface area (Å²) in [5.74, 6) is 0.744. The molecule has 1 aromatic heterocycles. The van der Waals surface area contributed by atoms with Crippen molar-refractivity contribution in [3.05, 3.63) is 34.3 Å². The first kappa shape index (κ1) is 10.2. The largest absolute Gasteiger partial charge is 0.486 e. The van der Waals surface area contributed by atoms with Gasteiger partial charge < -0.3 is 10.5 Å². The molecule has 0 fully saturated rings. The van der Waals surface area contributed by atoms with Crippen molar-refractivity contribution < 1.29 is 4.74 Å². The molecule has 0 saturated heterocycles. The smallest absolute Gasteiger partial charge is 0.203 e. The van der Waals surface area contributed by atoms with Gasteiger partial charge in [0.2, 0.25) is 5.13 Å². The Kier molecular flexibility index (Phi) is 3.03. The van der Waals surface area contributed by atoms with Gasteiger partial charge in [0, 0.05) is 5.02 Å². The molecule has 1 heterocycles. The molecule has 0 atom stereocenters. The SMILES string of the molecule is Nc1nnc(COc2ccc(Cl)cc2)s1. The van der Waals surface area contributed by atoms with Crippen LogP contribution in [-0.4, -0.2) is 10.2 Å². The van der Waals surface area contributed by atoms with Crippen molar-refractivity contribution >= 4 is 28.1 Å². The summed E-state index contributed by atoms with van der Waals surface area (Å²) in [4.78, 5) is 0. The zero-order valence-corrected chi connectivity index (χ0v) is 9.26. The van der Waals surface area contributed by atoms with Crippen molar-refractivity contribution in [3.63, 3.8) is 0 Å². The molecule has 4 nitrogen and oxygen atoms in total. The Labute approximate surface area is 95.7 Å². The number of aromatic nitrogens is 2. The van der Waals surface area contributed by atoms with E-state index in [-0.39, 0.29) is 0 Å². The minimum atomic E-state index is 0.372. The van der Waals surface area contributed by atoms with Crippen molar-refractivity contribution in [2.24, 2.45) is 0 Å². The van der Waals surface area contributed by atoms with Gasteiger partial charge in [-0.15, -0.1) is 10.2 Å². The molecule has 0 aliphatic carbocycles. The van der Waals surface area contributed by atoms with Crippen LogP contribution in [0.2, 0.25) is 5.02 Å². The predicted molar refractivity (Wildman–Crippen MR) is 60.1 cm³/mol. The number of halogens is 1. The quantitative estimate of drug-likeness (QED) is 0.896. The van der Waals surface area contributed by atoms with Gasteiger partial charge in [-0.2, -0.15) is 0 Å². The lowest BCUT2D eigenvalue weighted by molar-refractivity contribution is 0.304. The first-order chi connectivity index (χ1) is 7.24. The normalized spacial score (nSPS) is 10.2. The van der Waals surface area contributed by atoms with Gasteiger partial charge in [0.15, 0.2) is 5.01 Å². The van der Waals surface area contributed by atoms with Gasteiger partial charge in [0.05, 0.1) is 0 Å². The fraction of sp³-hybridized carbons (Fsp3) is 0.111. The molecule has 0 amide bonds. The topological polar surface area (TPSA) is 61.0 Å². The maximum Gasteiger partial charge on any atom is 0.203 e. The lowest BCUT2D eigenvalue weighted by atomic mass is 10.3. The zero-order valence-electron chi connectivity index (χ0n) is 7.68. The molecule has 0 bridgehead atoms. The fourth-order valence-electron chi connectivity index (χ4n) is 1.00. The molecule has 78 valence electrons. The molecule has 0 unspecified atom stereocenters. The lowest BCUT2D eigenvalue weighted by Gasteiger charge is -2.02. The Hall–Kier alpha value is -1.33. The number of ether oxygens (including phenoxy) is 1. The molecule has 0 aliphatic heterocycles. The number of nitrogens with two attached hydrogens (primary N) is 1. The molecule has 2 N–H and O–H groups in total. The summed E-state index contributed by atoms with van der Waals surface area (Å²) in [5.41, 5.74) is 5.44. The Morgan fingerprint density at radius 1 is 1.27 bits per heavy atom. The average Bonchev–Trinajstić information content (AvgIpc) is 2.64. The number of rotatable bonds is 3. The molecule has 15 heavy (non-hydrogen) atoms. The van der Waals surface area contributed by atoms with Crippen molar-refractivity contribution in [3.8, 4) is 5.75 Å². The van der Waals surface area contributed by atoms with Crippen LogP contribution in [0.4, 0.5) is 5.13 Å². The molecular formula is C9H8ClN3OS. The van der Waals surface area contributed by atoms with Crippen LogP contribution in [0.25, 0.3) is 0 Å². The van der Waals surface area contributed by atoms with Crippen LogP contribution in [0.3, 0.4) is 0 Å². The highest BCUT2D eigenvalue weighted by Gasteiger charge is 2.01. The van der Waals surface area contributed by atoms with Crippen LogP contribution in [-0.2, 0) is 6.61 Å². The van der Waals surface area contributed by atoms with Crippen LogP contribution >= 0.6 is 22.9 Å². The van der Waals surface area contributed by atoms with Gasteiger partial charge in [-0.3, -0.25) is 0 Å².